The molecule has 1 aliphatic rings. The van der Waals surface area contributed by atoms with Crippen molar-refractivity contribution >= 4 is 11.7 Å². The number of carbonyl (C=O) groups excluding carboxylic acids is 1. The Labute approximate surface area is 104 Å². The van der Waals surface area contributed by atoms with E-state index in [4.69, 9.17) is 0 Å². The van der Waals surface area contributed by atoms with Crippen LogP contribution in [0.1, 0.15) is 18.9 Å². The molecule has 1 aromatic rings. The van der Waals surface area contributed by atoms with Gasteiger partial charge in [0.1, 0.15) is 5.82 Å². The largest absolute Gasteiger partial charge is 0.316 e. The number of nitrogens with zero attached hydrogens (tertiary/aromatic N) is 1. The molecule has 0 saturated carbocycles. The number of anilines is 1. The molecule has 0 bridgehead atoms. The van der Waals surface area contributed by atoms with E-state index in [1.54, 1.807) is 0 Å². The lowest BCUT2D eigenvalue weighted by Gasteiger charge is -2.26. The summed E-state index contributed by atoms with van der Waals surface area (Å²) in [4.78, 5) is 15.4. The van der Waals surface area contributed by atoms with Crippen molar-refractivity contribution in [3.8, 4) is 0 Å². The number of alkyl halides is 2. The fraction of sp³-hybridized carbons (Fsp3) is 0.500. The van der Waals surface area contributed by atoms with E-state index in [2.05, 4.69) is 15.6 Å². The van der Waals surface area contributed by atoms with Crippen LogP contribution < -0.4 is 10.6 Å². The van der Waals surface area contributed by atoms with E-state index in [0.29, 0.717) is 18.2 Å². The van der Waals surface area contributed by atoms with Crippen LogP contribution in [-0.2, 0) is 10.7 Å². The minimum atomic E-state index is -2.91. The number of hydrogen-bond donors (Lipinski definition) is 2. The van der Waals surface area contributed by atoms with Crippen molar-refractivity contribution in [1.82, 2.24) is 10.3 Å². The second-order valence-electron chi connectivity index (χ2n) is 4.60. The molecule has 0 aromatic carbocycles. The summed E-state index contributed by atoms with van der Waals surface area (Å²) in [6.45, 7) is 2.51. The number of carbonyl (C=O) groups is 1. The van der Waals surface area contributed by atoms with Crippen LogP contribution in [0.5, 0.6) is 0 Å². The van der Waals surface area contributed by atoms with Gasteiger partial charge in [-0.2, -0.15) is 0 Å². The van der Waals surface area contributed by atoms with E-state index in [-0.39, 0.29) is 11.5 Å². The highest BCUT2D eigenvalue weighted by molar-refractivity contribution is 5.89. The van der Waals surface area contributed by atoms with Gasteiger partial charge in [-0.1, -0.05) is 0 Å². The number of aromatic nitrogens is 1. The first-order valence-corrected chi connectivity index (χ1v) is 5.80. The molecule has 6 heteroatoms. The van der Waals surface area contributed by atoms with Gasteiger partial charge in [0.25, 0.3) is 5.92 Å². The third-order valence-corrected chi connectivity index (χ3v) is 2.88. The molecule has 0 atom stereocenters. The standard InChI is InChI=1S/C12H15F2N3O/c1-12(13,14)9-2-3-10(16-7-9)17-11(18)4-8-5-15-6-8/h2-3,7-8,15H,4-6H2,1H3,(H,16,17,18). The topological polar surface area (TPSA) is 54.0 Å². The smallest absolute Gasteiger partial charge is 0.272 e. The van der Waals surface area contributed by atoms with Crippen LogP contribution in [0.4, 0.5) is 14.6 Å². The number of nitrogens with one attached hydrogen (secondary N) is 2. The lowest BCUT2D eigenvalue weighted by molar-refractivity contribution is -0.117. The molecule has 98 valence electrons. The van der Waals surface area contributed by atoms with Crippen LogP contribution in [-0.4, -0.2) is 24.0 Å². The second-order valence-corrected chi connectivity index (χ2v) is 4.60. The Balaban J connectivity index is 1.91. The van der Waals surface area contributed by atoms with E-state index in [1.165, 1.54) is 12.1 Å². The van der Waals surface area contributed by atoms with Crippen LogP contribution in [0.3, 0.4) is 0 Å². The number of halogens is 2. The summed E-state index contributed by atoms with van der Waals surface area (Å²) in [6, 6.07) is 2.66. The molecule has 1 aromatic heterocycles. The summed E-state index contributed by atoms with van der Waals surface area (Å²) in [7, 11) is 0. The van der Waals surface area contributed by atoms with Gasteiger partial charge in [0, 0.05) is 25.1 Å². The zero-order chi connectivity index (χ0) is 13.2. The Hall–Kier alpha value is -1.56. The van der Waals surface area contributed by atoms with Crippen LogP contribution in [0.2, 0.25) is 0 Å². The maximum absolute atomic E-state index is 12.9. The molecule has 1 aliphatic heterocycles. The summed E-state index contributed by atoms with van der Waals surface area (Å²) >= 11 is 0. The van der Waals surface area contributed by atoms with Gasteiger partial charge < -0.3 is 10.6 Å². The lowest BCUT2D eigenvalue weighted by Crippen LogP contribution is -2.43. The zero-order valence-corrected chi connectivity index (χ0v) is 10.0. The molecule has 18 heavy (non-hydrogen) atoms. The van der Waals surface area contributed by atoms with Crippen molar-refractivity contribution in [2.24, 2.45) is 5.92 Å². The predicted octanol–water partition coefficient (Wildman–Crippen LogP) is 1.74. The Morgan fingerprint density at radius 3 is 2.72 bits per heavy atom. The molecule has 0 aliphatic carbocycles. The van der Waals surface area contributed by atoms with Gasteiger partial charge in [-0.05, 0) is 31.1 Å². The molecule has 1 saturated heterocycles. The van der Waals surface area contributed by atoms with Crippen molar-refractivity contribution < 1.29 is 13.6 Å². The molecular weight excluding hydrogens is 240 g/mol. The summed E-state index contributed by atoms with van der Waals surface area (Å²) in [5.74, 6) is -2.37. The molecule has 0 spiro atoms. The summed E-state index contributed by atoms with van der Waals surface area (Å²) < 4.78 is 25.9. The van der Waals surface area contributed by atoms with Gasteiger partial charge in [0.2, 0.25) is 5.91 Å². The molecule has 2 heterocycles. The number of amides is 1. The molecule has 0 unspecified atom stereocenters. The Bertz CT molecular complexity index is 424. The zero-order valence-electron chi connectivity index (χ0n) is 10.0. The minimum Gasteiger partial charge on any atom is -0.316 e. The Morgan fingerprint density at radius 1 is 1.56 bits per heavy atom. The first kappa shape index (κ1) is 12.9. The van der Waals surface area contributed by atoms with Gasteiger partial charge in [0.05, 0.1) is 0 Å². The summed E-state index contributed by atoms with van der Waals surface area (Å²) in [5, 5.41) is 5.67. The highest BCUT2D eigenvalue weighted by Gasteiger charge is 2.24. The van der Waals surface area contributed by atoms with Crippen LogP contribution >= 0.6 is 0 Å². The van der Waals surface area contributed by atoms with Crippen molar-refractivity contribution in [2.75, 3.05) is 18.4 Å². The fourth-order valence-corrected chi connectivity index (χ4v) is 1.68. The quantitative estimate of drug-likeness (QED) is 0.861. The molecule has 1 amide bonds. The lowest BCUT2D eigenvalue weighted by atomic mass is 9.99. The van der Waals surface area contributed by atoms with Crippen molar-refractivity contribution in [1.29, 1.82) is 0 Å². The molecule has 0 radical (unpaired) electrons. The van der Waals surface area contributed by atoms with Crippen LogP contribution in [0, 0.1) is 5.92 Å². The average molecular weight is 255 g/mol. The predicted molar refractivity (Wildman–Crippen MR) is 63.4 cm³/mol. The van der Waals surface area contributed by atoms with Crippen molar-refractivity contribution in [3.63, 3.8) is 0 Å². The maximum Gasteiger partial charge on any atom is 0.272 e. The highest BCUT2D eigenvalue weighted by atomic mass is 19.3. The number of pyridine rings is 1. The van der Waals surface area contributed by atoms with E-state index < -0.39 is 5.92 Å². The van der Waals surface area contributed by atoms with Gasteiger partial charge >= 0.3 is 0 Å². The SMILES string of the molecule is CC(F)(F)c1ccc(NC(=O)CC2CNC2)nc1. The highest BCUT2D eigenvalue weighted by Crippen LogP contribution is 2.26. The third-order valence-electron chi connectivity index (χ3n) is 2.88. The summed E-state index contributed by atoms with van der Waals surface area (Å²) in [6.07, 6.45) is 1.51. The summed E-state index contributed by atoms with van der Waals surface area (Å²) in [5.41, 5.74) is -0.163. The molecule has 1 fully saturated rings. The Kier molecular flexibility index (Phi) is 3.56. The first-order chi connectivity index (χ1) is 8.45. The molecule has 4 nitrogen and oxygen atoms in total. The molecule has 2 rings (SSSR count). The third kappa shape index (κ3) is 3.22. The number of hydrogen-bond acceptors (Lipinski definition) is 3. The first-order valence-electron chi connectivity index (χ1n) is 5.80. The van der Waals surface area contributed by atoms with Crippen molar-refractivity contribution in [2.45, 2.75) is 19.3 Å². The van der Waals surface area contributed by atoms with E-state index in [1.807, 2.05) is 0 Å². The van der Waals surface area contributed by atoms with E-state index in [0.717, 1.165) is 26.2 Å². The van der Waals surface area contributed by atoms with Gasteiger partial charge in [-0.3, -0.25) is 4.79 Å². The van der Waals surface area contributed by atoms with E-state index >= 15 is 0 Å². The molecule has 2 N–H and O–H groups in total. The van der Waals surface area contributed by atoms with E-state index in [9.17, 15) is 13.6 Å². The van der Waals surface area contributed by atoms with Crippen molar-refractivity contribution in [3.05, 3.63) is 23.9 Å². The normalized spacial score (nSPS) is 16.2. The minimum absolute atomic E-state index is 0.134. The number of rotatable bonds is 4. The van der Waals surface area contributed by atoms with Gasteiger partial charge in [-0.15, -0.1) is 0 Å². The average Bonchev–Trinajstić information content (AvgIpc) is 2.23. The monoisotopic (exact) mass is 255 g/mol. The molecular formula is C12H15F2N3O. The van der Waals surface area contributed by atoms with Gasteiger partial charge in [0.15, 0.2) is 0 Å². The maximum atomic E-state index is 12.9. The van der Waals surface area contributed by atoms with Crippen LogP contribution in [0.15, 0.2) is 18.3 Å². The fourth-order valence-electron chi connectivity index (χ4n) is 1.68. The van der Waals surface area contributed by atoms with Gasteiger partial charge in [-0.25, -0.2) is 13.8 Å². The van der Waals surface area contributed by atoms with Crippen LogP contribution in [0.25, 0.3) is 0 Å². The second kappa shape index (κ2) is 4.97. The Morgan fingerprint density at radius 2 is 2.28 bits per heavy atom.